The molecule has 0 spiro atoms. The summed E-state index contributed by atoms with van der Waals surface area (Å²) in [5, 5.41) is 2.92. The van der Waals surface area contributed by atoms with Crippen molar-refractivity contribution in [1.82, 2.24) is 0 Å². The van der Waals surface area contributed by atoms with Crippen LogP contribution in [0.1, 0.15) is 23.6 Å². The summed E-state index contributed by atoms with van der Waals surface area (Å²) in [4.78, 5) is 13.1. The molecule has 0 aromatic heterocycles. The summed E-state index contributed by atoms with van der Waals surface area (Å²) >= 11 is 0. The minimum atomic E-state index is -3.99. The van der Waals surface area contributed by atoms with Crippen molar-refractivity contribution in [1.29, 1.82) is 0 Å². The number of nitrogens with one attached hydrogen (secondary N) is 1. The predicted molar refractivity (Wildman–Crippen MR) is 128 cm³/mol. The maximum absolute atomic E-state index is 13.5. The zero-order valence-electron chi connectivity index (χ0n) is 18.8. The van der Waals surface area contributed by atoms with Crippen molar-refractivity contribution in [3.8, 4) is 5.75 Å². The Labute approximate surface area is 189 Å². The van der Waals surface area contributed by atoms with Crippen molar-refractivity contribution in [2.24, 2.45) is 0 Å². The summed E-state index contributed by atoms with van der Waals surface area (Å²) in [5.41, 5.74) is 4.07. The van der Waals surface area contributed by atoms with Crippen LogP contribution in [0.25, 0.3) is 0 Å². The Hall–Kier alpha value is -3.32. The average Bonchev–Trinajstić information content (AvgIpc) is 2.79. The molecule has 1 amide bonds. The molecule has 0 saturated heterocycles. The van der Waals surface area contributed by atoms with Gasteiger partial charge in [0.05, 0.1) is 17.7 Å². The predicted octanol–water partition coefficient (Wildman–Crippen LogP) is 4.71. The molecule has 32 heavy (non-hydrogen) atoms. The third-order valence-corrected chi connectivity index (χ3v) is 7.05. The fourth-order valence-corrected chi connectivity index (χ4v) is 4.83. The minimum absolute atomic E-state index is 0.0804. The number of carbonyl (C=O) groups excluding carboxylic acids is 1. The van der Waals surface area contributed by atoms with E-state index in [1.165, 1.54) is 19.2 Å². The van der Waals surface area contributed by atoms with Crippen molar-refractivity contribution >= 4 is 27.3 Å². The van der Waals surface area contributed by atoms with Gasteiger partial charge in [0.2, 0.25) is 5.91 Å². The Kier molecular flexibility index (Phi) is 7.20. The van der Waals surface area contributed by atoms with Crippen LogP contribution in [0.15, 0.2) is 71.6 Å². The molecule has 0 fully saturated rings. The van der Waals surface area contributed by atoms with Gasteiger partial charge in [-0.1, -0.05) is 42.8 Å². The van der Waals surface area contributed by atoms with Crippen LogP contribution in [0, 0.1) is 13.8 Å². The number of carbonyl (C=O) groups is 1. The normalized spacial score (nSPS) is 11.1. The third kappa shape index (κ3) is 5.11. The van der Waals surface area contributed by atoms with Crippen LogP contribution in [0.4, 0.5) is 11.4 Å². The summed E-state index contributed by atoms with van der Waals surface area (Å²) < 4.78 is 33.3. The summed E-state index contributed by atoms with van der Waals surface area (Å²) in [5.74, 6) is 0.141. The van der Waals surface area contributed by atoms with Crippen molar-refractivity contribution in [2.75, 3.05) is 23.3 Å². The van der Waals surface area contributed by atoms with E-state index in [0.29, 0.717) is 11.4 Å². The highest BCUT2D eigenvalue weighted by Crippen LogP contribution is 2.26. The Balaban J connectivity index is 1.96. The van der Waals surface area contributed by atoms with E-state index in [4.69, 9.17) is 4.74 Å². The van der Waals surface area contributed by atoms with Crippen molar-refractivity contribution in [3.05, 3.63) is 83.4 Å². The van der Waals surface area contributed by atoms with Gasteiger partial charge in [-0.05, 0) is 67.8 Å². The highest BCUT2D eigenvalue weighted by Gasteiger charge is 2.27. The highest BCUT2D eigenvalue weighted by atomic mass is 32.2. The summed E-state index contributed by atoms with van der Waals surface area (Å²) in [6.45, 7) is 5.50. The molecular weight excluding hydrogens is 424 g/mol. The van der Waals surface area contributed by atoms with E-state index >= 15 is 0 Å². The Morgan fingerprint density at radius 2 is 1.62 bits per heavy atom. The quantitative estimate of drug-likeness (QED) is 0.537. The van der Waals surface area contributed by atoms with Crippen LogP contribution in [0.2, 0.25) is 0 Å². The number of para-hydroxylation sites is 1. The molecule has 7 heteroatoms. The smallest absolute Gasteiger partial charge is 0.264 e. The first kappa shape index (κ1) is 23.3. The molecule has 0 heterocycles. The van der Waals surface area contributed by atoms with Gasteiger partial charge < -0.3 is 10.1 Å². The fraction of sp³-hybridized carbons (Fsp3) is 0.240. The van der Waals surface area contributed by atoms with Gasteiger partial charge in [0, 0.05) is 5.69 Å². The van der Waals surface area contributed by atoms with E-state index in [2.05, 4.69) is 5.32 Å². The molecule has 0 aliphatic heterocycles. The number of nitrogens with zero attached hydrogens (tertiary/aromatic N) is 1. The molecule has 168 valence electrons. The number of ether oxygens (including phenoxy) is 1. The minimum Gasteiger partial charge on any atom is -0.497 e. The number of hydrogen-bond donors (Lipinski definition) is 1. The van der Waals surface area contributed by atoms with Gasteiger partial charge >= 0.3 is 0 Å². The molecule has 0 radical (unpaired) electrons. The van der Waals surface area contributed by atoms with Crippen molar-refractivity contribution in [2.45, 2.75) is 32.1 Å². The lowest BCUT2D eigenvalue weighted by atomic mass is 10.1. The van der Waals surface area contributed by atoms with Gasteiger partial charge in [-0.15, -0.1) is 0 Å². The van der Waals surface area contributed by atoms with E-state index in [1.54, 1.807) is 24.3 Å². The molecule has 0 aliphatic rings. The lowest BCUT2D eigenvalue weighted by Gasteiger charge is -2.25. The van der Waals surface area contributed by atoms with Crippen LogP contribution in [-0.2, 0) is 21.2 Å². The number of anilines is 2. The van der Waals surface area contributed by atoms with Crippen LogP contribution in [-0.4, -0.2) is 28.0 Å². The number of methoxy groups -OCH3 is 1. The van der Waals surface area contributed by atoms with Gasteiger partial charge in [-0.25, -0.2) is 8.42 Å². The largest absolute Gasteiger partial charge is 0.497 e. The Morgan fingerprint density at radius 1 is 0.969 bits per heavy atom. The number of hydrogen-bond acceptors (Lipinski definition) is 4. The summed E-state index contributed by atoms with van der Waals surface area (Å²) in [6.07, 6.45) is 0.753. The standard InChI is InChI=1S/C25H28N2O4S/c1-5-20-8-6-7-19(3)25(20)26-24(28)17-27(21-11-9-18(2)10-12-21)32(29,30)23-15-13-22(31-4)14-16-23/h6-16H,5,17H2,1-4H3,(H,26,28). The first-order valence-electron chi connectivity index (χ1n) is 10.4. The molecule has 0 atom stereocenters. The first-order valence-corrected chi connectivity index (χ1v) is 11.8. The molecule has 0 unspecified atom stereocenters. The van der Waals surface area contributed by atoms with Gasteiger partial charge in [-0.2, -0.15) is 0 Å². The number of benzene rings is 3. The van der Waals surface area contributed by atoms with Gasteiger partial charge in [0.25, 0.3) is 10.0 Å². The maximum Gasteiger partial charge on any atom is 0.264 e. The number of aryl methyl sites for hydroxylation is 3. The highest BCUT2D eigenvalue weighted by molar-refractivity contribution is 7.92. The van der Waals surface area contributed by atoms with Gasteiger partial charge in [-0.3, -0.25) is 9.10 Å². The SMILES string of the molecule is CCc1cccc(C)c1NC(=O)CN(c1ccc(C)cc1)S(=O)(=O)c1ccc(OC)cc1. The molecule has 0 saturated carbocycles. The molecule has 3 rings (SSSR count). The molecular formula is C25H28N2O4S. The molecule has 6 nitrogen and oxygen atoms in total. The molecule has 0 aliphatic carbocycles. The fourth-order valence-electron chi connectivity index (χ4n) is 3.41. The van der Waals surface area contributed by atoms with Crippen LogP contribution in [0.3, 0.4) is 0 Å². The monoisotopic (exact) mass is 452 g/mol. The average molecular weight is 453 g/mol. The van der Waals surface area contributed by atoms with Crippen LogP contribution in [0.5, 0.6) is 5.75 Å². The lowest BCUT2D eigenvalue weighted by molar-refractivity contribution is -0.114. The summed E-state index contributed by atoms with van der Waals surface area (Å²) in [7, 11) is -2.47. The van der Waals surface area contributed by atoms with Crippen LogP contribution < -0.4 is 14.4 Å². The van der Waals surface area contributed by atoms with E-state index in [0.717, 1.165) is 33.1 Å². The van der Waals surface area contributed by atoms with Gasteiger partial charge in [0.15, 0.2) is 0 Å². The second kappa shape index (κ2) is 9.87. The topological polar surface area (TPSA) is 75.7 Å². The van der Waals surface area contributed by atoms with E-state index in [1.807, 2.05) is 51.1 Å². The van der Waals surface area contributed by atoms with Crippen molar-refractivity contribution < 1.29 is 17.9 Å². The molecule has 3 aromatic carbocycles. The van der Waals surface area contributed by atoms with E-state index < -0.39 is 15.9 Å². The zero-order valence-corrected chi connectivity index (χ0v) is 19.6. The Morgan fingerprint density at radius 3 is 2.22 bits per heavy atom. The maximum atomic E-state index is 13.5. The van der Waals surface area contributed by atoms with Gasteiger partial charge in [0.1, 0.15) is 12.3 Å². The second-order valence-electron chi connectivity index (χ2n) is 7.53. The summed E-state index contributed by atoms with van der Waals surface area (Å²) in [6, 6.07) is 19.0. The third-order valence-electron chi connectivity index (χ3n) is 5.26. The van der Waals surface area contributed by atoms with E-state index in [9.17, 15) is 13.2 Å². The Bertz CT molecular complexity index is 1190. The first-order chi connectivity index (χ1) is 15.3. The number of rotatable bonds is 8. The lowest BCUT2D eigenvalue weighted by Crippen LogP contribution is -2.38. The number of sulfonamides is 1. The molecule has 3 aromatic rings. The van der Waals surface area contributed by atoms with Crippen molar-refractivity contribution in [3.63, 3.8) is 0 Å². The zero-order chi connectivity index (χ0) is 23.3. The number of amides is 1. The van der Waals surface area contributed by atoms with Crippen LogP contribution >= 0.6 is 0 Å². The molecule has 0 bridgehead atoms. The second-order valence-corrected chi connectivity index (χ2v) is 9.40. The van der Waals surface area contributed by atoms with E-state index in [-0.39, 0.29) is 11.4 Å². The molecule has 1 N–H and O–H groups in total.